The van der Waals surface area contributed by atoms with E-state index in [-0.39, 0.29) is 6.04 Å². The van der Waals surface area contributed by atoms with Gasteiger partial charge in [-0.1, -0.05) is 6.07 Å². The van der Waals surface area contributed by atoms with E-state index >= 15 is 0 Å². The summed E-state index contributed by atoms with van der Waals surface area (Å²) in [6.45, 7) is 6.64. The summed E-state index contributed by atoms with van der Waals surface area (Å²) in [6.07, 6.45) is 0.879. The molecular weight excluding hydrogens is 217 g/mol. The molecule has 0 aromatic heterocycles. The monoisotopic (exact) mass is 237 g/mol. The standard InChI is InChI=1S/C14H20FNO/c1-10-13-5-4-12(17)8-11(13)6-7-16(10)9-14(2,3)15/h4-5,8,10,17H,6-7,9H2,1-3H3/t10-/m0/s1. The molecule has 2 rings (SSSR count). The predicted molar refractivity (Wildman–Crippen MR) is 67.0 cm³/mol. The SMILES string of the molecule is C[C@H]1c2ccc(O)cc2CCN1CC(C)(C)F. The molecule has 2 nitrogen and oxygen atoms in total. The highest BCUT2D eigenvalue weighted by Gasteiger charge is 2.28. The second-order valence-corrected chi connectivity index (χ2v) is 5.50. The Kier molecular flexibility index (Phi) is 3.13. The van der Waals surface area contributed by atoms with Gasteiger partial charge in [0.2, 0.25) is 0 Å². The number of rotatable bonds is 2. The van der Waals surface area contributed by atoms with Crippen molar-refractivity contribution in [2.45, 2.75) is 38.9 Å². The van der Waals surface area contributed by atoms with Gasteiger partial charge in [-0.15, -0.1) is 0 Å². The van der Waals surface area contributed by atoms with E-state index in [0.29, 0.717) is 12.3 Å². The first kappa shape index (κ1) is 12.4. The molecule has 1 aromatic carbocycles. The quantitative estimate of drug-likeness (QED) is 0.854. The van der Waals surface area contributed by atoms with Crippen LogP contribution >= 0.6 is 0 Å². The van der Waals surface area contributed by atoms with Crippen molar-refractivity contribution in [3.05, 3.63) is 29.3 Å². The van der Waals surface area contributed by atoms with Crippen LogP contribution in [-0.4, -0.2) is 28.8 Å². The molecule has 0 unspecified atom stereocenters. The Hall–Kier alpha value is -1.09. The van der Waals surface area contributed by atoms with E-state index in [0.717, 1.165) is 13.0 Å². The molecule has 0 amide bonds. The topological polar surface area (TPSA) is 23.5 Å². The minimum absolute atomic E-state index is 0.217. The number of nitrogens with zero attached hydrogens (tertiary/aromatic N) is 1. The van der Waals surface area contributed by atoms with Crippen LogP contribution < -0.4 is 0 Å². The average molecular weight is 237 g/mol. The molecule has 0 spiro atoms. The zero-order chi connectivity index (χ0) is 12.6. The summed E-state index contributed by atoms with van der Waals surface area (Å²) in [5.41, 5.74) is 1.23. The molecule has 17 heavy (non-hydrogen) atoms. The van der Waals surface area contributed by atoms with Crippen LogP contribution in [0.15, 0.2) is 18.2 Å². The lowest BCUT2D eigenvalue weighted by atomic mass is 9.92. The van der Waals surface area contributed by atoms with E-state index < -0.39 is 5.67 Å². The summed E-state index contributed by atoms with van der Waals surface area (Å²) >= 11 is 0. The van der Waals surface area contributed by atoms with Crippen LogP contribution in [0.1, 0.15) is 37.9 Å². The van der Waals surface area contributed by atoms with Gasteiger partial charge in [0.25, 0.3) is 0 Å². The first-order valence-corrected chi connectivity index (χ1v) is 6.11. The second kappa shape index (κ2) is 4.30. The van der Waals surface area contributed by atoms with Crippen molar-refractivity contribution < 1.29 is 9.50 Å². The molecule has 1 heterocycles. The summed E-state index contributed by atoms with van der Waals surface area (Å²) in [5, 5.41) is 9.45. The number of hydrogen-bond acceptors (Lipinski definition) is 2. The molecule has 3 heteroatoms. The van der Waals surface area contributed by atoms with Gasteiger partial charge < -0.3 is 5.11 Å². The number of alkyl halides is 1. The maximum Gasteiger partial charge on any atom is 0.118 e. The fourth-order valence-corrected chi connectivity index (χ4v) is 2.57. The van der Waals surface area contributed by atoms with Gasteiger partial charge in [-0.2, -0.15) is 0 Å². The Morgan fingerprint density at radius 1 is 1.47 bits per heavy atom. The van der Waals surface area contributed by atoms with Gasteiger partial charge in [0.15, 0.2) is 0 Å². The van der Waals surface area contributed by atoms with Crippen LogP contribution in [-0.2, 0) is 6.42 Å². The van der Waals surface area contributed by atoms with E-state index in [9.17, 15) is 9.50 Å². The molecule has 0 bridgehead atoms. The van der Waals surface area contributed by atoms with Crippen molar-refractivity contribution in [1.29, 1.82) is 0 Å². The summed E-state index contributed by atoms with van der Waals surface area (Å²) < 4.78 is 13.7. The Morgan fingerprint density at radius 2 is 2.18 bits per heavy atom. The zero-order valence-corrected chi connectivity index (χ0v) is 10.7. The van der Waals surface area contributed by atoms with E-state index in [4.69, 9.17) is 0 Å². The molecule has 0 saturated heterocycles. The summed E-state index contributed by atoms with van der Waals surface area (Å²) in [4.78, 5) is 2.17. The number of phenolic OH excluding ortho intramolecular Hbond substituents is 1. The van der Waals surface area contributed by atoms with Crippen molar-refractivity contribution in [2.75, 3.05) is 13.1 Å². The highest BCUT2D eigenvalue weighted by Crippen LogP contribution is 2.32. The molecular formula is C14H20FNO. The van der Waals surface area contributed by atoms with Gasteiger partial charge in [0.05, 0.1) is 0 Å². The van der Waals surface area contributed by atoms with Crippen LogP contribution in [0.2, 0.25) is 0 Å². The third-order valence-electron chi connectivity index (χ3n) is 3.37. The molecule has 1 N–H and O–H groups in total. The normalized spacial score (nSPS) is 21.3. The van der Waals surface area contributed by atoms with Crippen molar-refractivity contribution in [3.63, 3.8) is 0 Å². The van der Waals surface area contributed by atoms with E-state index in [1.54, 1.807) is 19.9 Å². The number of benzene rings is 1. The fraction of sp³-hybridized carbons (Fsp3) is 0.571. The van der Waals surface area contributed by atoms with Gasteiger partial charge >= 0.3 is 0 Å². The molecule has 1 aliphatic rings. The maximum atomic E-state index is 13.7. The van der Waals surface area contributed by atoms with Gasteiger partial charge in [0.1, 0.15) is 11.4 Å². The van der Waals surface area contributed by atoms with Gasteiger partial charge in [-0.3, -0.25) is 4.90 Å². The molecule has 0 aliphatic carbocycles. The Labute approximate surface area is 102 Å². The number of halogens is 1. The van der Waals surface area contributed by atoms with Gasteiger partial charge in [-0.05, 0) is 50.5 Å². The van der Waals surface area contributed by atoms with Crippen LogP contribution in [0, 0.1) is 0 Å². The molecule has 0 saturated carbocycles. The van der Waals surface area contributed by atoms with Gasteiger partial charge in [0, 0.05) is 19.1 Å². The van der Waals surface area contributed by atoms with E-state index in [2.05, 4.69) is 11.8 Å². The number of fused-ring (bicyclic) bond motifs is 1. The van der Waals surface area contributed by atoms with Crippen LogP contribution in [0.25, 0.3) is 0 Å². The van der Waals surface area contributed by atoms with Gasteiger partial charge in [-0.25, -0.2) is 4.39 Å². The number of aromatic hydroxyl groups is 1. The van der Waals surface area contributed by atoms with Crippen LogP contribution in [0.4, 0.5) is 4.39 Å². The Balaban J connectivity index is 2.21. The fourth-order valence-electron chi connectivity index (χ4n) is 2.57. The second-order valence-electron chi connectivity index (χ2n) is 5.50. The third kappa shape index (κ3) is 2.78. The lowest BCUT2D eigenvalue weighted by molar-refractivity contribution is 0.0930. The smallest absolute Gasteiger partial charge is 0.118 e. The van der Waals surface area contributed by atoms with Crippen LogP contribution in [0.5, 0.6) is 5.75 Å². The lowest BCUT2D eigenvalue weighted by Crippen LogP contribution is -2.41. The van der Waals surface area contributed by atoms with E-state index in [1.165, 1.54) is 11.1 Å². The molecule has 1 aliphatic heterocycles. The highest BCUT2D eigenvalue weighted by molar-refractivity contribution is 5.38. The van der Waals surface area contributed by atoms with Crippen LogP contribution in [0.3, 0.4) is 0 Å². The minimum Gasteiger partial charge on any atom is -0.508 e. The first-order chi connectivity index (χ1) is 7.87. The largest absolute Gasteiger partial charge is 0.508 e. The molecule has 1 atom stereocenters. The molecule has 0 fully saturated rings. The Morgan fingerprint density at radius 3 is 2.82 bits per heavy atom. The first-order valence-electron chi connectivity index (χ1n) is 6.11. The zero-order valence-electron chi connectivity index (χ0n) is 10.7. The lowest BCUT2D eigenvalue weighted by Gasteiger charge is -2.37. The molecule has 0 radical (unpaired) electrons. The van der Waals surface area contributed by atoms with Crippen molar-refractivity contribution in [3.8, 4) is 5.75 Å². The predicted octanol–water partition coefficient (Wildman–Crippen LogP) is 3.06. The van der Waals surface area contributed by atoms with E-state index in [1.807, 2.05) is 12.1 Å². The summed E-state index contributed by atoms with van der Waals surface area (Å²) in [7, 11) is 0. The average Bonchev–Trinajstić information content (AvgIpc) is 2.20. The molecule has 1 aromatic rings. The van der Waals surface area contributed by atoms with Crippen molar-refractivity contribution >= 4 is 0 Å². The maximum absolute atomic E-state index is 13.7. The Bertz CT molecular complexity index is 411. The summed E-state index contributed by atoms with van der Waals surface area (Å²) in [5.74, 6) is 0.315. The number of phenols is 1. The minimum atomic E-state index is -1.16. The summed E-state index contributed by atoms with van der Waals surface area (Å²) in [6, 6.07) is 5.70. The number of hydrogen-bond donors (Lipinski definition) is 1. The third-order valence-corrected chi connectivity index (χ3v) is 3.37. The molecule has 94 valence electrons. The van der Waals surface area contributed by atoms with Crippen molar-refractivity contribution in [1.82, 2.24) is 4.90 Å². The van der Waals surface area contributed by atoms with Crippen molar-refractivity contribution in [2.24, 2.45) is 0 Å². The highest BCUT2D eigenvalue weighted by atomic mass is 19.1.